The predicted octanol–water partition coefficient (Wildman–Crippen LogP) is 1.31. The van der Waals surface area contributed by atoms with E-state index in [0.717, 1.165) is 0 Å². The van der Waals surface area contributed by atoms with Gasteiger partial charge in [-0.05, 0) is 13.8 Å². The molecule has 0 saturated heterocycles. The lowest BCUT2D eigenvalue weighted by Crippen LogP contribution is -1.90. The molecule has 1 unspecified atom stereocenters. The van der Waals surface area contributed by atoms with E-state index in [1.165, 1.54) is 0 Å². The Morgan fingerprint density at radius 2 is 2.17 bits per heavy atom. The van der Waals surface area contributed by atoms with E-state index in [9.17, 15) is 0 Å². The van der Waals surface area contributed by atoms with Gasteiger partial charge in [0.05, 0.1) is 6.10 Å². The molecule has 0 rings (SSSR count). The molecule has 0 spiro atoms. The highest BCUT2D eigenvalue weighted by Crippen LogP contribution is 2.13. The molecule has 0 heterocycles. The molecule has 0 saturated carbocycles. The monoisotopic (exact) mass is 126 g/mol. The Hall–Kier alpha value is 0.740. The van der Waals surface area contributed by atoms with Gasteiger partial charge in [0.25, 0.3) is 0 Å². The fraction of sp³-hybridized carbons (Fsp3) is 1.00. The van der Waals surface area contributed by atoms with Crippen LogP contribution in [0.25, 0.3) is 0 Å². The third-order valence-electron chi connectivity index (χ3n) is 0.304. The molecule has 0 aromatic heterocycles. The van der Waals surface area contributed by atoms with Gasteiger partial charge >= 0.3 is 0 Å². The number of hydrogen-bond acceptors (Lipinski definition) is 1. The summed E-state index contributed by atoms with van der Waals surface area (Å²) in [6.45, 7) is 4.05. The molecule has 40 valence electrons. The van der Waals surface area contributed by atoms with Crippen molar-refractivity contribution in [3.63, 3.8) is 0 Å². The van der Waals surface area contributed by atoms with E-state index < -0.39 is 0 Å². The molecule has 0 amide bonds. The Kier molecular flexibility index (Phi) is 4.40. The normalized spacial score (nSPS) is 13.3. The first-order valence-electron chi connectivity index (χ1n) is 1.88. The summed E-state index contributed by atoms with van der Waals surface area (Å²) in [6, 6.07) is 0. The van der Waals surface area contributed by atoms with Crippen molar-refractivity contribution >= 4 is 20.1 Å². The SMILES string of the molecule is CC(C)O[SH2]P. The Morgan fingerprint density at radius 1 is 1.67 bits per heavy atom. The molecule has 6 heavy (non-hydrogen) atoms. The molecule has 0 fully saturated rings. The molecule has 0 aliphatic heterocycles. The standard InChI is InChI=1S/C3H11OPS/c1-3(2)4-6-5/h3H,5-6H2,1-2H3. The molecule has 0 aliphatic carbocycles. The summed E-state index contributed by atoms with van der Waals surface area (Å²) in [4.78, 5) is 0. The minimum Gasteiger partial charge on any atom is -0.336 e. The smallest absolute Gasteiger partial charge is 0.0642 e. The van der Waals surface area contributed by atoms with E-state index in [4.69, 9.17) is 4.18 Å². The first-order chi connectivity index (χ1) is 2.77. The van der Waals surface area contributed by atoms with Crippen LogP contribution in [0.3, 0.4) is 0 Å². The van der Waals surface area contributed by atoms with Crippen LogP contribution in [0.15, 0.2) is 0 Å². The van der Waals surface area contributed by atoms with Crippen LogP contribution in [-0.4, -0.2) is 6.10 Å². The largest absolute Gasteiger partial charge is 0.336 e. The average molecular weight is 126 g/mol. The van der Waals surface area contributed by atoms with Gasteiger partial charge in [-0.25, -0.2) is 0 Å². The molecular formula is C3H11OPS. The van der Waals surface area contributed by atoms with Gasteiger partial charge in [-0.3, -0.25) is 0 Å². The van der Waals surface area contributed by atoms with E-state index in [1.54, 1.807) is 0 Å². The first kappa shape index (κ1) is 6.74. The van der Waals surface area contributed by atoms with Crippen LogP contribution in [0.2, 0.25) is 0 Å². The van der Waals surface area contributed by atoms with Crippen molar-refractivity contribution in [2.45, 2.75) is 20.0 Å². The molecule has 0 aromatic rings. The van der Waals surface area contributed by atoms with E-state index in [2.05, 4.69) is 8.44 Å². The molecule has 0 N–H and O–H groups in total. The van der Waals surface area contributed by atoms with Crippen LogP contribution in [0.4, 0.5) is 0 Å². The van der Waals surface area contributed by atoms with Gasteiger partial charge in [-0.2, -0.15) is 0 Å². The van der Waals surface area contributed by atoms with Crippen LogP contribution in [-0.2, 0) is 4.18 Å². The molecule has 3 heteroatoms. The van der Waals surface area contributed by atoms with Crippen LogP contribution in [0.1, 0.15) is 13.8 Å². The third kappa shape index (κ3) is 4.74. The second-order valence-corrected chi connectivity index (χ2v) is 2.46. The molecule has 0 bridgehead atoms. The van der Waals surface area contributed by atoms with E-state index in [0.29, 0.717) is 17.8 Å². The molecule has 0 aliphatic rings. The molecule has 1 atom stereocenters. The van der Waals surface area contributed by atoms with E-state index in [1.807, 2.05) is 13.8 Å². The fourth-order valence-corrected chi connectivity index (χ4v) is 1.22. The minimum atomic E-state index is 0.390. The second kappa shape index (κ2) is 3.91. The van der Waals surface area contributed by atoms with Crippen LogP contribution >= 0.6 is 20.1 Å². The predicted molar refractivity (Wildman–Crippen MR) is 36.3 cm³/mol. The van der Waals surface area contributed by atoms with Gasteiger partial charge in [0.15, 0.2) is 0 Å². The van der Waals surface area contributed by atoms with Crippen molar-refractivity contribution in [2.24, 2.45) is 0 Å². The highest BCUT2D eigenvalue weighted by molar-refractivity contribution is 8.40. The van der Waals surface area contributed by atoms with Crippen molar-refractivity contribution in [1.82, 2.24) is 0 Å². The molecule has 1 nitrogen and oxygen atoms in total. The van der Waals surface area contributed by atoms with Gasteiger partial charge in [0.2, 0.25) is 0 Å². The minimum absolute atomic E-state index is 0.390. The zero-order chi connectivity index (χ0) is 4.99. The van der Waals surface area contributed by atoms with E-state index in [-0.39, 0.29) is 0 Å². The zero-order valence-corrected chi connectivity index (χ0v) is 6.22. The maximum absolute atomic E-state index is 5.03. The van der Waals surface area contributed by atoms with Crippen molar-refractivity contribution < 1.29 is 4.18 Å². The van der Waals surface area contributed by atoms with Gasteiger partial charge in [0, 0.05) is 0 Å². The van der Waals surface area contributed by atoms with Crippen molar-refractivity contribution in [1.29, 1.82) is 0 Å². The summed E-state index contributed by atoms with van der Waals surface area (Å²) < 4.78 is 5.03. The zero-order valence-electron chi connectivity index (χ0n) is 4.06. The summed E-state index contributed by atoms with van der Waals surface area (Å²) in [5.41, 5.74) is 0. The van der Waals surface area contributed by atoms with Crippen LogP contribution in [0, 0.1) is 0 Å². The van der Waals surface area contributed by atoms with E-state index >= 15 is 0 Å². The molecule has 0 aromatic carbocycles. The summed E-state index contributed by atoms with van der Waals surface area (Å²) in [5.74, 6) is 0. The summed E-state index contributed by atoms with van der Waals surface area (Å²) in [6.07, 6.45) is 0.390. The number of hydrogen-bond donors (Lipinski definition) is 0. The molecule has 0 radical (unpaired) electrons. The quantitative estimate of drug-likeness (QED) is 0.507. The highest BCUT2D eigenvalue weighted by atomic mass is 32.7. The Bertz CT molecular complexity index is 32.0. The van der Waals surface area contributed by atoms with Crippen molar-refractivity contribution in [3.05, 3.63) is 0 Å². The summed E-state index contributed by atoms with van der Waals surface area (Å²) in [7, 11) is 2.53. The van der Waals surface area contributed by atoms with Crippen LogP contribution in [0.5, 0.6) is 0 Å². The Labute approximate surface area is 45.0 Å². The van der Waals surface area contributed by atoms with Crippen molar-refractivity contribution in [3.8, 4) is 0 Å². The maximum Gasteiger partial charge on any atom is 0.0642 e. The van der Waals surface area contributed by atoms with Gasteiger partial charge in [-0.15, -0.1) is 11.7 Å². The van der Waals surface area contributed by atoms with Gasteiger partial charge < -0.3 is 4.18 Å². The number of rotatable bonds is 2. The Morgan fingerprint density at radius 3 is 2.17 bits per heavy atom. The lowest BCUT2D eigenvalue weighted by atomic mass is 10.5. The summed E-state index contributed by atoms with van der Waals surface area (Å²) >= 11 is 0.555. The van der Waals surface area contributed by atoms with Crippen molar-refractivity contribution in [2.75, 3.05) is 0 Å². The highest BCUT2D eigenvalue weighted by Gasteiger charge is 1.82. The van der Waals surface area contributed by atoms with Crippen LogP contribution < -0.4 is 0 Å². The lowest BCUT2D eigenvalue weighted by Gasteiger charge is -2.01. The lowest BCUT2D eigenvalue weighted by molar-refractivity contribution is 0.294. The molecular weight excluding hydrogens is 115 g/mol. The van der Waals surface area contributed by atoms with Gasteiger partial charge in [0.1, 0.15) is 0 Å². The average Bonchev–Trinajstić information content (AvgIpc) is 1.35. The maximum atomic E-state index is 5.03. The summed E-state index contributed by atoms with van der Waals surface area (Å²) in [5, 5.41) is 0. The fourth-order valence-electron chi connectivity index (χ4n) is 0.136. The second-order valence-electron chi connectivity index (χ2n) is 1.28. The Balaban J connectivity index is 2.63. The third-order valence-corrected chi connectivity index (χ3v) is 1.32. The first-order valence-corrected chi connectivity index (χ1v) is 4.60. The van der Waals surface area contributed by atoms with Gasteiger partial charge in [-0.1, -0.05) is 8.44 Å². The topological polar surface area (TPSA) is 9.23 Å².